The minimum Gasteiger partial charge on any atom is -0.383 e. The summed E-state index contributed by atoms with van der Waals surface area (Å²) in [5, 5.41) is 4.33. The van der Waals surface area contributed by atoms with Crippen LogP contribution in [-0.4, -0.2) is 40.3 Å². The Balaban J connectivity index is 1.84. The van der Waals surface area contributed by atoms with Crippen LogP contribution in [0.5, 0.6) is 0 Å². The number of carbonyl (C=O) groups excluding carboxylic acids is 1. The Morgan fingerprint density at radius 1 is 1.55 bits per heavy atom. The number of allylic oxidation sites excluding steroid dienone is 1. The Morgan fingerprint density at radius 2 is 2.45 bits per heavy atom. The Hall–Kier alpha value is -1.62. The van der Waals surface area contributed by atoms with Crippen molar-refractivity contribution in [3.8, 4) is 0 Å². The van der Waals surface area contributed by atoms with Crippen LogP contribution in [0.4, 0.5) is 0 Å². The predicted octanol–water partition coefficient (Wildman–Crippen LogP) is 1.74. The maximum Gasteiger partial charge on any atom is 0.250 e. The van der Waals surface area contributed by atoms with Crippen LogP contribution < -0.4 is 0 Å². The fourth-order valence-corrected chi connectivity index (χ4v) is 3.08. The third-order valence-electron chi connectivity index (χ3n) is 4.19. The SMILES string of the molecule is COC[C@@H]1CCn2nccc2CN1C(=O)C1=CCCC1. The first kappa shape index (κ1) is 13.4. The summed E-state index contributed by atoms with van der Waals surface area (Å²) in [4.78, 5) is 14.7. The van der Waals surface area contributed by atoms with Gasteiger partial charge in [0.05, 0.1) is 24.9 Å². The topological polar surface area (TPSA) is 47.4 Å². The molecule has 2 aliphatic rings. The summed E-state index contributed by atoms with van der Waals surface area (Å²) >= 11 is 0. The van der Waals surface area contributed by atoms with Gasteiger partial charge in [-0.05, 0) is 31.7 Å². The van der Waals surface area contributed by atoms with Gasteiger partial charge in [-0.2, -0.15) is 5.10 Å². The standard InChI is InChI=1S/C15H21N3O2/c1-20-11-14-7-9-18-13(6-8-16-18)10-17(14)15(19)12-4-2-3-5-12/h4,6,8,14H,2-3,5,7,9-11H2,1H3/t14-/m0/s1. The van der Waals surface area contributed by atoms with E-state index in [-0.39, 0.29) is 11.9 Å². The monoisotopic (exact) mass is 275 g/mol. The fraction of sp³-hybridized carbons (Fsp3) is 0.600. The van der Waals surface area contributed by atoms with Crippen molar-refractivity contribution in [2.24, 2.45) is 0 Å². The van der Waals surface area contributed by atoms with E-state index in [4.69, 9.17) is 4.74 Å². The maximum atomic E-state index is 12.7. The van der Waals surface area contributed by atoms with Crippen molar-refractivity contribution < 1.29 is 9.53 Å². The Bertz CT molecular complexity index is 521. The van der Waals surface area contributed by atoms with Gasteiger partial charge in [-0.3, -0.25) is 9.48 Å². The second kappa shape index (κ2) is 5.79. The first-order chi connectivity index (χ1) is 9.79. The molecule has 2 heterocycles. The van der Waals surface area contributed by atoms with Crippen LogP contribution in [0.2, 0.25) is 0 Å². The van der Waals surface area contributed by atoms with E-state index < -0.39 is 0 Å². The van der Waals surface area contributed by atoms with Crippen LogP contribution in [0.25, 0.3) is 0 Å². The minimum atomic E-state index is 0.135. The van der Waals surface area contributed by atoms with E-state index in [9.17, 15) is 4.79 Å². The van der Waals surface area contributed by atoms with Crippen molar-refractivity contribution in [3.05, 3.63) is 29.6 Å². The van der Waals surface area contributed by atoms with Gasteiger partial charge in [0.25, 0.3) is 0 Å². The lowest BCUT2D eigenvalue weighted by atomic mass is 10.1. The van der Waals surface area contributed by atoms with Gasteiger partial charge < -0.3 is 9.64 Å². The highest BCUT2D eigenvalue weighted by Crippen LogP contribution is 2.24. The number of ether oxygens (including phenoxy) is 1. The number of fused-ring (bicyclic) bond motifs is 1. The van der Waals surface area contributed by atoms with E-state index >= 15 is 0 Å². The van der Waals surface area contributed by atoms with Crippen LogP contribution in [0, 0.1) is 0 Å². The zero-order chi connectivity index (χ0) is 13.9. The lowest BCUT2D eigenvalue weighted by molar-refractivity contribution is -0.131. The summed E-state index contributed by atoms with van der Waals surface area (Å²) in [7, 11) is 1.70. The highest BCUT2D eigenvalue weighted by Gasteiger charge is 2.30. The number of amides is 1. The summed E-state index contributed by atoms with van der Waals surface area (Å²) in [5.41, 5.74) is 2.08. The summed E-state index contributed by atoms with van der Waals surface area (Å²) in [5.74, 6) is 0.180. The van der Waals surface area contributed by atoms with Gasteiger partial charge in [0.2, 0.25) is 5.91 Å². The Labute approximate surface area is 119 Å². The molecule has 1 amide bonds. The second-order valence-corrected chi connectivity index (χ2v) is 5.50. The van der Waals surface area contributed by atoms with Crippen LogP contribution in [-0.2, 0) is 22.6 Å². The maximum absolute atomic E-state index is 12.7. The van der Waals surface area contributed by atoms with Crippen LogP contribution in [0.1, 0.15) is 31.4 Å². The molecular formula is C15H21N3O2. The summed E-state index contributed by atoms with van der Waals surface area (Å²) in [6, 6.07) is 2.13. The zero-order valence-electron chi connectivity index (χ0n) is 11.9. The number of methoxy groups -OCH3 is 1. The van der Waals surface area contributed by atoms with Crippen LogP contribution >= 0.6 is 0 Å². The molecule has 0 aromatic carbocycles. The van der Waals surface area contributed by atoms with Gasteiger partial charge in [-0.25, -0.2) is 0 Å². The molecule has 0 bridgehead atoms. The van der Waals surface area contributed by atoms with Crippen molar-refractivity contribution in [2.45, 2.75) is 44.8 Å². The molecule has 5 heteroatoms. The highest BCUT2D eigenvalue weighted by atomic mass is 16.5. The third kappa shape index (κ3) is 2.50. The molecule has 1 aromatic heterocycles. The van der Waals surface area contributed by atoms with E-state index in [0.29, 0.717) is 13.2 Å². The molecule has 3 rings (SSSR count). The van der Waals surface area contributed by atoms with Crippen molar-refractivity contribution in [2.75, 3.05) is 13.7 Å². The Morgan fingerprint density at radius 3 is 3.20 bits per heavy atom. The first-order valence-corrected chi connectivity index (χ1v) is 7.29. The van der Waals surface area contributed by atoms with Crippen molar-refractivity contribution in [1.29, 1.82) is 0 Å². The lowest BCUT2D eigenvalue weighted by Crippen LogP contribution is -2.42. The molecule has 5 nitrogen and oxygen atoms in total. The fourth-order valence-electron chi connectivity index (χ4n) is 3.08. The molecular weight excluding hydrogens is 254 g/mol. The Kier molecular flexibility index (Phi) is 3.87. The molecule has 0 radical (unpaired) electrons. The zero-order valence-corrected chi connectivity index (χ0v) is 11.9. The molecule has 108 valence electrons. The van der Waals surface area contributed by atoms with E-state index in [2.05, 4.69) is 11.2 Å². The summed E-state index contributed by atoms with van der Waals surface area (Å²) in [6.07, 6.45) is 7.83. The first-order valence-electron chi connectivity index (χ1n) is 7.29. The van der Waals surface area contributed by atoms with Gasteiger partial charge in [-0.15, -0.1) is 0 Å². The predicted molar refractivity (Wildman–Crippen MR) is 75.0 cm³/mol. The van der Waals surface area contributed by atoms with Crippen molar-refractivity contribution >= 4 is 5.91 Å². The molecule has 1 atom stereocenters. The van der Waals surface area contributed by atoms with Gasteiger partial charge >= 0.3 is 0 Å². The average molecular weight is 275 g/mol. The molecule has 0 spiro atoms. The van der Waals surface area contributed by atoms with E-state index in [1.165, 1.54) is 0 Å². The molecule has 0 fully saturated rings. The van der Waals surface area contributed by atoms with Crippen molar-refractivity contribution in [3.63, 3.8) is 0 Å². The number of aromatic nitrogens is 2. The molecule has 0 unspecified atom stereocenters. The molecule has 1 aliphatic heterocycles. The molecule has 0 saturated heterocycles. The van der Waals surface area contributed by atoms with Crippen molar-refractivity contribution in [1.82, 2.24) is 14.7 Å². The van der Waals surface area contributed by atoms with Gasteiger partial charge in [0.1, 0.15) is 0 Å². The molecule has 20 heavy (non-hydrogen) atoms. The number of carbonyl (C=O) groups is 1. The largest absolute Gasteiger partial charge is 0.383 e. The smallest absolute Gasteiger partial charge is 0.250 e. The normalized spacial score (nSPS) is 22.4. The number of rotatable bonds is 3. The third-order valence-corrected chi connectivity index (χ3v) is 4.19. The molecule has 1 aromatic rings. The van der Waals surface area contributed by atoms with Gasteiger partial charge in [0, 0.05) is 25.4 Å². The average Bonchev–Trinajstić information content (AvgIpc) is 3.10. The van der Waals surface area contributed by atoms with E-state index in [1.807, 2.05) is 21.8 Å². The summed E-state index contributed by atoms with van der Waals surface area (Å²) < 4.78 is 7.31. The number of hydrogen-bond acceptors (Lipinski definition) is 3. The van der Waals surface area contributed by atoms with Crippen LogP contribution in [0.3, 0.4) is 0 Å². The summed E-state index contributed by atoms with van der Waals surface area (Å²) in [6.45, 7) is 2.06. The number of nitrogens with zero attached hydrogens (tertiary/aromatic N) is 3. The van der Waals surface area contributed by atoms with E-state index in [0.717, 1.165) is 43.5 Å². The molecule has 0 saturated carbocycles. The molecule has 0 N–H and O–H groups in total. The van der Waals surface area contributed by atoms with E-state index in [1.54, 1.807) is 7.11 Å². The van der Waals surface area contributed by atoms with Gasteiger partial charge in [-0.1, -0.05) is 6.08 Å². The lowest BCUT2D eigenvalue weighted by Gasteiger charge is -2.29. The van der Waals surface area contributed by atoms with Gasteiger partial charge in [0.15, 0.2) is 0 Å². The molecule has 1 aliphatic carbocycles. The quantitative estimate of drug-likeness (QED) is 0.844. The minimum absolute atomic E-state index is 0.135. The highest BCUT2D eigenvalue weighted by molar-refractivity contribution is 5.94. The second-order valence-electron chi connectivity index (χ2n) is 5.50. The van der Waals surface area contributed by atoms with Crippen LogP contribution in [0.15, 0.2) is 23.9 Å². The number of aryl methyl sites for hydroxylation is 1. The number of hydrogen-bond donors (Lipinski definition) is 0.